The highest BCUT2D eigenvalue weighted by molar-refractivity contribution is 9.09. The number of hydrogen-bond acceptors (Lipinski definition) is 1. The van der Waals surface area contributed by atoms with Crippen molar-refractivity contribution < 1.29 is 4.74 Å². The van der Waals surface area contributed by atoms with Gasteiger partial charge in [-0.05, 0) is 39.3 Å². The molecule has 0 aliphatic heterocycles. The van der Waals surface area contributed by atoms with Gasteiger partial charge in [0.15, 0.2) is 0 Å². The molecule has 1 nitrogen and oxygen atoms in total. The summed E-state index contributed by atoms with van der Waals surface area (Å²) in [6.45, 7) is 9.08. The number of rotatable bonds is 4. The van der Waals surface area contributed by atoms with E-state index in [0.717, 1.165) is 5.75 Å². The summed E-state index contributed by atoms with van der Waals surface area (Å²) in [7, 11) is 0. The molecule has 0 heterocycles. The monoisotopic (exact) mass is 332 g/mol. The Kier molecular flexibility index (Phi) is 4.87. The minimum Gasteiger partial charge on any atom is -0.494 e. The van der Waals surface area contributed by atoms with Gasteiger partial charge in [0.25, 0.3) is 0 Å². The van der Waals surface area contributed by atoms with E-state index in [-0.39, 0.29) is 4.83 Å². The van der Waals surface area contributed by atoms with Crippen LogP contribution in [0, 0.1) is 20.8 Å². The van der Waals surface area contributed by atoms with Gasteiger partial charge in [0, 0.05) is 5.56 Å². The van der Waals surface area contributed by atoms with Crippen LogP contribution in [0.3, 0.4) is 0 Å². The highest BCUT2D eigenvalue weighted by Crippen LogP contribution is 2.37. The molecular weight excluding hydrogens is 312 g/mol. The Morgan fingerprint density at radius 2 is 1.60 bits per heavy atom. The van der Waals surface area contributed by atoms with E-state index in [2.05, 4.69) is 73.1 Å². The van der Waals surface area contributed by atoms with Crippen molar-refractivity contribution in [3.8, 4) is 5.75 Å². The Labute approximate surface area is 130 Å². The maximum Gasteiger partial charge on any atom is 0.123 e. The molecule has 0 fully saturated rings. The number of ether oxygens (including phenoxy) is 1. The lowest BCUT2D eigenvalue weighted by atomic mass is 9.99. The Balaban J connectivity index is 2.46. The molecule has 106 valence electrons. The van der Waals surface area contributed by atoms with Crippen molar-refractivity contribution in [2.45, 2.75) is 32.5 Å². The highest BCUT2D eigenvalue weighted by Gasteiger charge is 2.16. The van der Waals surface area contributed by atoms with Crippen molar-refractivity contribution >= 4 is 15.9 Å². The summed E-state index contributed by atoms with van der Waals surface area (Å²) in [5.74, 6) is 0.958. The van der Waals surface area contributed by atoms with Crippen LogP contribution in [0.1, 0.15) is 39.6 Å². The summed E-state index contributed by atoms with van der Waals surface area (Å²) < 4.78 is 5.77. The number of hydrogen-bond donors (Lipinski definition) is 0. The molecule has 0 spiro atoms. The first-order valence-electron chi connectivity index (χ1n) is 6.97. The minimum absolute atomic E-state index is 0.155. The van der Waals surface area contributed by atoms with E-state index in [0.29, 0.717) is 6.61 Å². The highest BCUT2D eigenvalue weighted by atomic mass is 79.9. The van der Waals surface area contributed by atoms with Gasteiger partial charge in [0.05, 0.1) is 11.4 Å². The van der Waals surface area contributed by atoms with E-state index in [1.807, 2.05) is 6.92 Å². The largest absolute Gasteiger partial charge is 0.494 e. The molecule has 0 amide bonds. The molecule has 0 aromatic heterocycles. The topological polar surface area (TPSA) is 9.23 Å². The zero-order valence-corrected chi connectivity index (χ0v) is 14.1. The van der Waals surface area contributed by atoms with Crippen molar-refractivity contribution in [3.63, 3.8) is 0 Å². The van der Waals surface area contributed by atoms with Gasteiger partial charge in [0.1, 0.15) is 5.75 Å². The Morgan fingerprint density at radius 1 is 0.950 bits per heavy atom. The van der Waals surface area contributed by atoms with Crippen LogP contribution in [0.2, 0.25) is 0 Å². The van der Waals surface area contributed by atoms with Crippen LogP contribution in [0.5, 0.6) is 5.75 Å². The van der Waals surface area contributed by atoms with Crippen molar-refractivity contribution in [3.05, 3.63) is 64.2 Å². The second-order valence-corrected chi connectivity index (χ2v) is 6.17. The second kappa shape index (κ2) is 6.45. The molecule has 0 aliphatic rings. The molecule has 20 heavy (non-hydrogen) atoms. The molecule has 2 heteroatoms. The van der Waals surface area contributed by atoms with Crippen LogP contribution in [-0.4, -0.2) is 6.61 Å². The van der Waals surface area contributed by atoms with Gasteiger partial charge in [-0.1, -0.05) is 63.0 Å². The maximum absolute atomic E-state index is 5.77. The normalized spacial score (nSPS) is 12.2. The van der Waals surface area contributed by atoms with Gasteiger partial charge >= 0.3 is 0 Å². The minimum atomic E-state index is 0.155. The van der Waals surface area contributed by atoms with Gasteiger partial charge in [-0.2, -0.15) is 0 Å². The van der Waals surface area contributed by atoms with E-state index in [1.165, 1.54) is 27.8 Å². The molecule has 2 aromatic rings. The van der Waals surface area contributed by atoms with Crippen LogP contribution in [-0.2, 0) is 0 Å². The van der Waals surface area contributed by atoms with Crippen LogP contribution >= 0.6 is 15.9 Å². The second-order valence-electron chi connectivity index (χ2n) is 5.26. The van der Waals surface area contributed by atoms with E-state index < -0.39 is 0 Å². The van der Waals surface area contributed by atoms with E-state index in [1.54, 1.807) is 0 Å². The fraction of sp³-hybridized carbons (Fsp3) is 0.333. The molecule has 2 rings (SSSR count). The Morgan fingerprint density at radius 3 is 2.20 bits per heavy atom. The summed E-state index contributed by atoms with van der Waals surface area (Å²) in [6.07, 6.45) is 0. The fourth-order valence-corrected chi connectivity index (χ4v) is 3.11. The van der Waals surface area contributed by atoms with Gasteiger partial charge in [-0.25, -0.2) is 0 Å². The lowest BCUT2D eigenvalue weighted by Crippen LogP contribution is -2.01. The summed E-state index contributed by atoms with van der Waals surface area (Å²) in [5.41, 5.74) is 6.29. The summed E-state index contributed by atoms with van der Waals surface area (Å²) in [5, 5.41) is 0. The zero-order chi connectivity index (χ0) is 14.7. The van der Waals surface area contributed by atoms with Gasteiger partial charge in [0.2, 0.25) is 0 Å². The third kappa shape index (κ3) is 3.43. The van der Waals surface area contributed by atoms with E-state index >= 15 is 0 Å². The Bertz CT molecular complexity index is 584. The predicted molar refractivity (Wildman–Crippen MR) is 89.0 cm³/mol. The van der Waals surface area contributed by atoms with Crippen molar-refractivity contribution in [1.82, 2.24) is 0 Å². The third-order valence-electron chi connectivity index (χ3n) is 3.27. The molecule has 2 aromatic carbocycles. The third-order valence-corrected chi connectivity index (χ3v) is 4.30. The van der Waals surface area contributed by atoms with Gasteiger partial charge < -0.3 is 4.74 Å². The first-order valence-corrected chi connectivity index (χ1v) is 7.88. The van der Waals surface area contributed by atoms with Crippen molar-refractivity contribution in [2.24, 2.45) is 0 Å². The number of halogens is 1. The van der Waals surface area contributed by atoms with Crippen molar-refractivity contribution in [2.75, 3.05) is 6.61 Å². The first kappa shape index (κ1) is 15.1. The number of alkyl halides is 1. The lowest BCUT2D eigenvalue weighted by Gasteiger charge is -2.17. The first-order chi connectivity index (χ1) is 9.51. The molecule has 0 saturated carbocycles. The molecule has 0 bridgehead atoms. The smallest absolute Gasteiger partial charge is 0.123 e. The lowest BCUT2D eigenvalue weighted by molar-refractivity contribution is 0.337. The summed E-state index contributed by atoms with van der Waals surface area (Å²) in [6, 6.07) is 13.0. The predicted octanol–water partition coefficient (Wildman–Crippen LogP) is 5.49. The van der Waals surface area contributed by atoms with Crippen LogP contribution in [0.4, 0.5) is 0 Å². The molecule has 0 N–H and O–H groups in total. The maximum atomic E-state index is 5.77. The van der Waals surface area contributed by atoms with Gasteiger partial charge in [-0.15, -0.1) is 0 Å². The molecular formula is C18H21BrO. The molecule has 1 unspecified atom stereocenters. The number of benzene rings is 2. The average Bonchev–Trinajstić information content (AvgIpc) is 2.39. The zero-order valence-electron chi connectivity index (χ0n) is 12.5. The SMILES string of the molecule is CCOc1ccc(C)cc1C(Br)c1cc(C)cc(C)c1. The number of aryl methyl sites for hydroxylation is 3. The molecule has 0 aliphatic carbocycles. The summed E-state index contributed by atoms with van der Waals surface area (Å²) >= 11 is 3.84. The Hall–Kier alpha value is -1.28. The average molecular weight is 333 g/mol. The standard InChI is InChI=1S/C18H21BrO/c1-5-20-17-7-6-12(2)11-16(17)18(19)15-9-13(3)8-14(4)10-15/h6-11,18H,5H2,1-4H3. The molecule has 0 saturated heterocycles. The van der Waals surface area contributed by atoms with E-state index in [9.17, 15) is 0 Å². The van der Waals surface area contributed by atoms with Crippen LogP contribution in [0.15, 0.2) is 36.4 Å². The van der Waals surface area contributed by atoms with Crippen molar-refractivity contribution in [1.29, 1.82) is 0 Å². The quantitative estimate of drug-likeness (QED) is 0.672. The molecule has 0 radical (unpaired) electrons. The fourth-order valence-electron chi connectivity index (χ4n) is 2.49. The summed E-state index contributed by atoms with van der Waals surface area (Å²) in [4.78, 5) is 0.155. The van der Waals surface area contributed by atoms with Crippen LogP contribution < -0.4 is 4.74 Å². The van der Waals surface area contributed by atoms with Gasteiger partial charge in [-0.3, -0.25) is 0 Å². The van der Waals surface area contributed by atoms with Crippen LogP contribution in [0.25, 0.3) is 0 Å². The van der Waals surface area contributed by atoms with E-state index in [4.69, 9.17) is 4.74 Å². The molecule has 1 atom stereocenters.